The van der Waals surface area contributed by atoms with Crippen molar-refractivity contribution in [3.05, 3.63) is 33.8 Å². The normalized spacial score (nSPS) is 22.5. The molecular weight excluding hydrogens is 314 g/mol. The number of aliphatic hydroxyl groups excluding tert-OH is 1. The summed E-state index contributed by atoms with van der Waals surface area (Å²) in [5, 5.41) is 10.9. The summed E-state index contributed by atoms with van der Waals surface area (Å²) in [6, 6.07) is 6.11. The van der Waals surface area contributed by atoms with Crippen molar-refractivity contribution in [3.8, 4) is 0 Å². The number of hydrogen-bond acceptors (Lipinski definition) is 2. The van der Waals surface area contributed by atoms with Crippen LogP contribution in [-0.2, 0) is 0 Å². The van der Waals surface area contributed by atoms with Crippen molar-refractivity contribution < 1.29 is 5.11 Å². The molecule has 0 amide bonds. The van der Waals surface area contributed by atoms with Crippen LogP contribution >= 0.6 is 15.9 Å². The van der Waals surface area contributed by atoms with Crippen LogP contribution in [0.1, 0.15) is 56.8 Å². The Hall–Kier alpha value is -0.380. The minimum Gasteiger partial charge on any atom is -0.388 e. The van der Waals surface area contributed by atoms with Crippen molar-refractivity contribution in [2.45, 2.75) is 52.6 Å². The van der Waals surface area contributed by atoms with Crippen LogP contribution in [-0.4, -0.2) is 11.7 Å². The predicted octanol–water partition coefficient (Wildman–Crippen LogP) is 4.34. The van der Waals surface area contributed by atoms with Crippen molar-refractivity contribution in [2.75, 3.05) is 6.54 Å². The number of nitrogens with two attached hydrogens (primary N) is 1. The van der Waals surface area contributed by atoms with Crippen LogP contribution in [0.25, 0.3) is 0 Å². The predicted molar refractivity (Wildman–Crippen MR) is 87.6 cm³/mol. The van der Waals surface area contributed by atoms with Crippen LogP contribution in [0.2, 0.25) is 0 Å². The molecule has 0 saturated heterocycles. The lowest BCUT2D eigenvalue weighted by molar-refractivity contribution is -0.0236. The maximum absolute atomic E-state index is 10.9. The molecule has 112 valence electrons. The molecule has 0 heterocycles. The summed E-state index contributed by atoms with van der Waals surface area (Å²) >= 11 is 3.51. The lowest BCUT2D eigenvalue weighted by Crippen LogP contribution is -2.41. The minimum atomic E-state index is -0.463. The zero-order chi connectivity index (χ0) is 15.0. The SMILES string of the molecule is Cc1cc(C(O)C2(CN)CCC(C)(C)CC2)ccc1Br. The van der Waals surface area contributed by atoms with Gasteiger partial charge in [0, 0.05) is 16.4 Å². The Bertz CT molecular complexity index is 474. The Morgan fingerprint density at radius 3 is 2.35 bits per heavy atom. The molecule has 0 bridgehead atoms. The molecule has 1 aliphatic carbocycles. The zero-order valence-corrected chi connectivity index (χ0v) is 14.3. The summed E-state index contributed by atoms with van der Waals surface area (Å²) in [5.41, 5.74) is 8.44. The first-order valence-electron chi connectivity index (χ1n) is 7.44. The Morgan fingerprint density at radius 2 is 1.85 bits per heavy atom. The topological polar surface area (TPSA) is 46.2 Å². The molecule has 0 spiro atoms. The number of aliphatic hydroxyl groups is 1. The highest BCUT2D eigenvalue weighted by atomic mass is 79.9. The molecule has 0 aliphatic heterocycles. The zero-order valence-electron chi connectivity index (χ0n) is 12.7. The fourth-order valence-corrected chi connectivity index (χ4v) is 3.45. The monoisotopic (exact) mass is 339 g/mol. The van der Waals surface area contributed by atoms with Gasteiger partial charge in [-0.1, -0.05) is 41.9 Å². The van der Waals surface area contributed by atoms with Gasteiger partial charge in [-0.15, -0.1) is 0 Å². The van der Waals surface area contributed by atoms with Crippen molar-refractivity contribution >= 4 is 15.9 Å². The number of benzene rings is 1. The van der Waals surface area contributed by atoms with E-state index in [-0.39, 0.29) is 5.41 Å². The molecule has 1 saturated carbocycles. The molecule has 3 heteroatoms. The highest BCUT2D eigenvalue weighted by molar-refractivity contribution is 9.10. The Morgan fingerprint density at radius 1 is 1.25 bits per heavy atom. The van der Waals surface area contributed by atoms with Crippen molar-refractivity contribution in [1.29, 1.82) is 0 Å². The molecule has 3 N–H and O–H groups in total. The van der Waals surface area contributed by atoms with E-state index in [1.807, 2.05) is 12.1 Å². The maximum Gasteiger partial charge on any atom is 0.0858 e. The Kier molecular flexibility index (Phi) is 4.63. The lowest BCUT2D eigenvalue weighted by Gasteiger charge is -2.46. The quantitative estimate of drug-likeness (QED) is 0.860. The van der Waals surface area contributed by atoms with E-state index in [0.717, 1.165) is 41.3 Å². The first-order chi connectivity index (χ1) is 9.30. The summed E-state index contributed by atoms with van der Waals surface area (Å²) in [7, 11) is 0. The second-order valence-corrected chi connectivity index (χ2v) is 8.00. The van der Waals surface area contributed by atoms with E-state index in [1.165, 1.54) is 0 Å². The lowest BCUT2D eigenvalue weighted by atomic mass is 9.62. The molecule has 20 heavy (non-hydrogen) atoms. The molecule has 1 aromatic rings. The smallest absolute Gasteiger partial charge is 0.0858 e. The molecule has 0 aromatic heterocycles. The second-order valence-electron chi connectivity index (χ2n) is 7.14. The summed E-state index contributed by atoms with van der Waals surface area (Å²) in [4.78, 5) is 0. The number of halogens is 1. The highest BCUT2D eigenvalue weighted by Gasteiger charge is 2.43. The van der Waals surface area contributed by atoms with Gasteiger partial charge in [0.2, 0.25) is 0 Å². The van der Waals surface area contributed by atoms with Crippen LogP contribution in [0.4, 0.5) is 0 Å². The number of hydrogen-bond donors (Lipinski definition) is 2. The summed E-state index contributed by atoms with van der Waals surface area (Å²) in [6.45, 7) is 7.23. The van der Waals surface area contributed by atoms with E-state index in [4.69, 9.17) is 5.73 Å². The van der Waals surface area contributed by atoms with Gasteiger partial charge in [0.1, 0.15) is 0 Å². The standard InChI is InChI=1S/C17H26BrNO/c1-12-10-13(4-5-14(12)18)15(20)17(11-19)8-6-16(2,3)7-9-17/h4-5,10,15,20H,6-9,11,19H2,1-3H3. The van der Waals surface area contributed by atoms with Gasteiger partial charge in [0.25, 0.3) is 0 Å². The molecule has 1 unspecified atom stereocenters. The third-order valence-electron chi connectivity index (χ3n) is 5.08. The van der Waals surface area contributed by atoms with Crippen LogP contribution in [0, 0.1) is 17.8 Å². The van der Waals surface area contributed by atoms with Gasteiger partial charge >= 0.3 is 0 Å². The van der Waals surface area contributed by atoms with Gasteiger partial charge in [-0.3, -0.25) is 0 Å². The average Bonchev–Trinajstić information content (AvgIpc) is 2.42. The van der Waals surface area contributed by atoms with Crippen molar-refractivity contribution in [1.82, 2.24) is 0 Å². The Labute approximate surface area is 130 Å². The fourth-order valence-electron chi connectivity index (χ4n) is 3.21. The molecule has 1 atom stereocenters. The van der Waals surface area contributed by atoms with E-state index >= 15 is 0 Å². The van der Waals surface area contributed by atoms with E-state index < -0.39 is 6.10 Å². The van der Waals surface area contributed by atoms with Crippen molar-refractivity contribution in [2.24, 2.45) is 16.6 Å². The van der Waals surface area contributed by atoms with Gasteiger partial charge in [-0.05, 0) is 55.2 Å². The molecular formula is C17H26BrNO. The third-order valence-corrected chi connectivity index (χ3v) is 5.97. The molecule has 0 radical (unpaired) electrons. The summed E-state index contributed by atoms with van der Waals surface area (Å²) in [6.07, 6.45) is 3.82. The summed E-state index contributed by atoms with van der Waals surface area (Å²) < 4.78 is 1.08. The van der Waals surface area contributed by atoms with Crippen LogP contribution in [0.5, 0.6) is 0 Å². The molecule has 2 rings (SSSR count). The van der Waals surface area contributed by atoms with Crippen LogP contribution < -0.4 is 5.73 Å². The third kappa shape index (κ3) is 3.10. The highest BCUT2D eigenvalue weighted by Crippen LogP contribution is 2.50. The second kappa shape index (κ2) is 5.78. The maximum atomic E-state index is 10.9. The van der Waals surface area contributed by atoms with E-state index in [9.17, 15) is 5.11 Å². The summed E-state index contributed by atoms with van der Waals surface area (Å²) in [5.74, 6) is 0. The molecule has 1 aliphatic rings. The van der Waals surface area contributed by atoms with Gasteiger partial charge < -0.3 is 10.8 Å². The van der Waals surface area contributed by atoms with Gasteiger partial charge in [0.05, 0.1) is 6.10 Å². The molecule has 1 aromatic carbocycles. The van der Waals surface area contributed by atoms with Crippen LogP contribution in [0.15, 0.2) is 22.7 Å². The van der Waals surface area contributed by atoms with E-state index in [0.29, 0.717) is 12.0 Å². The number of rotatable bonds is 3. The van der Waals surface area contributed by atoms with Crippen molar-refractivity contribution in [3.63, 3.8) is 0 Å². The molecule has 1 fully saturated rings. The number of aryl methyl sites for hydroxylation is 1. The van der Waals surface area contributed by atoms with Gasteiger partial charge in [0.15, 0.2) is 0 Å². The van der Waals surface area contributed by atoms with Gasteiger partial charge in [-0.25, -0.2) is 0 Å². The first kappa shape index (κ1) is 16.0. The largest absolute Gasteiger partial charge is 0.388 e. The average molecular weight is 340 g/mol. The molecule has 2 nitrogen and oxygen atoms in total. The van der Waals surface area contributed by atoms with Gasteiger partial charge in [-0.2, -0.15) is 0 Å². The Balaban J connectivity index is 2.25. The fraction of sp³-hybridized carbons (Fsp3) is 0.647. The minimum absolute atomic E-state index is 0.157. The van der Waals surface area contributed by atoms with Crippen LogP contribution in [0.3, 0.4) is 0 Å². The van der Waals surface area contributed by atoms with E-state index in [2.05, 4.69) is 42.8 Å². The van der Waals surface area contributed by atoms with E-state index in [1.54, 1.807) is 0 Å². The first-order valence-corrected chi connectivity index (χ1v) is 8.23.